The molecule has 0 spiro atoms. The Balaban J connectivity index is 2.43. The lowest BCUT2D eigenvalue weighted by Crippen LogP contribution is -2.21. The SMILES string of the molecule is CC(O)C(=O)c1cccc2c1OCCO2. The first-order valence-electron chi connectivity index (χ1n) is 4.81. The molecular formula is C11H12O4. The quantitative estimate of drug-likeness (QED) is 0.737. The van der Waals surface area contributed by atoms with E-state index in [1.54, 1.807) is 18.2 Å². The largest absolute Gasteiger partial charge is 0.486 e. The van der Waals surface area contributed by atoms with Crippen molar-refractivity contribution in [3.05, 3.63) is 23.8 Å². The van der Waals surface area contributed by atoms with Gasteiger partial charge in [0.1, 0.15) is 19.3 Å². The summed E-state index contributed by atoms with van der Waals surface area (Å²) in [5, 5.41) is 9.23. The van der Waals surface area contributed by atoms with Crippen molar-refractivity contribution in [2.75, 3.05) is 13.2 Å². The molecule has 15 heavy (non-hydrogen) atoms. The van der Waals surface area contributed by atoms with Crippen molar-refractivity contribution in [3.8, 4) is 11.5 Å². The van der Waals surface area contributed by atoms with Crippen LogP contribution in [0.2, 0.25) is 0 Å². The molecule has 1 aliphatic heterocycles. The van der Waals surface area contributed by atoms with Crippen molar-refractivity contribution in [1.29, 1.82) is 0 Å². The molecule has 0 amide bonds. The Morgan fingerprint density at radius 2 is 2.13 bits per heavy atom. The summed E-state index contributed by atoms with van der Waals surface area (Å²) in [6.07, 6.45) is -1.03. The fraction of sp³-hybridized carbons (Fsp3) is 0.364. The summed E-state index contributed by atoms with van der Waals surface area (Å²) in [5.74, 6) is 0.653. The Bertz CT molecular complexity index is 384. The molecule has 1 aliphatic rings. The Labute approximate surface area is 87.4 Å². The third kappa shape index (κ3) is 1.80. The lowest BCUT2D eigenvalue weighted by Gasteiger charge is -2.20. The third-order valence-electron chi connectivity index (χ3n) is 2.21. The van der Waals surface area contributed by atoms with Gasteiger partial charge in [0, 0.05) is 0 Å². The molecule has 0 saturated heterocycles. The van der Waals surface area contributed by atoms with Crippen LogP contribution in [-0.4, -0.2) is 30.2 Å². The van der Waals surface area contributed by atoms with Crippen LogP contribution in [0.25, 0.3) is 0 Å². The number of aliphatic hydroxyl groups is 1. The molecule has 0 radical (unpaired) electrons. The molecule has 4 heteroatoms. The zero-order chi connectivity index (χ0) is 10.8. The number of para-hydroxylation sites is 1. The summed E-state index contributed by atoms with van der Waals surface area (Å²) < 4.78 is 10.7. The summed E-state index contributed by atoms with van der Waals surface area (Å²) in [6, 6.07) is 5.08. The molecular weight excluding hydrogens is 196 g/mol. The Morgan fingerprint density at radius 1 is 1.40 bits per heavy atom. The van der Waals surface area contributed by atoms with E-state index in [1.807, 2.05) is 0 Å². The molecule has 1 aromatic rings. The molecule has 80 valence electrons. The average Bonchev–Trinajstić information content (AvgIpc) is 2.27. The van der Waals surface area contributed by atoms with Crippen LogP contribution < -0.4 is 9.47 Å². The summed E-state index contributed by atoms with van der Waals surface area (Å²) >= 11 is 0. The van der Waals surface area contributed by atoms with E-state index in [0.717, 1.165) is 0 Å². The summed E-state index contributed by atoms with van der Waals surface area (Å²) in [4.78, 5) is 11.6. The van der Waals surface area contributed by atoms with E-state index in [2.05, 4.69) is 0 Å². The van der Waals surface area contributed by atoms with Gasteiger partial charge >= 0.3 is 0 Å². The second-order valence-electron chi connectivity index (χ2n) is 3.37. The normalized spacial score (nSPS) is 15.9. The van der Waals surface area contributed by atoms with Crippen molar-refractivity contribution in [2.24, 2.45) is 0 Å². The molecule has 0 saturated carbocycles. The molecule has 1 unspecified atom stereocenters. The Kier molecular flexibility index (Phi) is 2.60. The van der Waals surface area contributed by atoms with Gasteiger partial charge in [0.25, 0.3) is 0 Å². The van der Waals surface area contributed by atoms with E-state index in [0.29, 0.717) is 30.3 Å². The van der Waals surface area contributed by atoms with Crippen molar-refractivity contribution < 1.29 is 19.4 Å². The fourth-order valence-corrected chi connectivity index (χ4v) is 1.49. The van der Waals surface area contributed by atoms with Crippen molar-refractivity contribution in [2.45, 2.75) is 13.0 Å². The van der Waals surface area contributed by atoms with Gasteiger partial charge in [-0.15, -0.1) is 0 Å². The van der Waals surface area contributed by atoms with Crippen molar-refractivity contribution >= 4 is 5.78 Å². The minimum Gasteiger partial charge on any atom is -0.486 e. The molecule has 4 nitrogen and oxygen atoms in total. The number of hydrogen-bond donors (Lipinski definition) is 1. The predicted octanol–water partition coefficient (Wildman–Crippen LogP) is 1.02. The molecule has 0 bridgehead atoms. The summed E-state index contributed by atoms with van der Waals surface area (Å²) in [7, 11) is 0. The van der Waals surface area contributed by atoms with Crippen LogP contribution in [0.3, 0.4) is 0 Å². The zero-order valence-electron chi connectivity index (χ0n) is 8.40. The summed E-state index contributed by atoms with van der Waals surface area (Å²) in [5.41, 5.74) is 0.377. The van der Waals surface area contributed by atoms with Crippen LogP contribution in [0.4, 0.5) is 0 Å². The Hall–Kier alpha value is -1.55. The fourth-order valence-electron chi connectivity index (χ4n) is 1.49. The minimum absolute atomic E-state index is 0.350. The van der Waals surface area contributed by atoms with Crippen LogP contribution in [0.15, 0.2) is 18.2 Å². The molecule has 2 rings (SSSR count). The van der Waals surface area contributed by atoms with Gasteiger partial charge in [-0.25, -0.2) is 0 Å². The van der Waals surface area contributed by atoms with Crippen LogP contribution >= 0.6 is 0 Å². The highest BCUT2D eigenvalue weighted by atomic mass is 16.6. The number of ketones is 1. The molecule has 0 aliphatic carbocycles. The molecule has 1 atom stereocenters. The number of carbonyl (C=O) groups is 1. The number of Topliss-reactive ketones (excluding diaryl/α,β-unsaturated/α-hetero) is 1. The van der Waals surface area contributed by atoms with Gasteiger partial charge in [-0.3, -0.25) is 4.79 Å². The highest BCUT2D eigenvalue weighted by molar-refractivity contribution is 6.02. The first-order valence-corrected chi connectivity index (χ1v) is 4.81. The number of fused-ring (bicyclic) bond motifs is 1. The first kappa shape index (κ1) is 9.98. The van der Waals surface area contributed by atoms with Gasteiger partial charge in [0.05, 0.1) is 5.56 Å². The number of aliphatic hydroxyl groups excluding tert-OH is 1. The van der Waals surface area contributed by atoms with Gasteiger partial charge in [0.15, 0.2) is 17.3 Å². The standard InChI is InChI=1S/C11H12O4/c1-7(12)10(13)8-3-2-4-9-11(8)15-6-5-14-9/h2-4,7,12H,5-6H2,1H3. The number of benzene rings is 1. The second-order valence-corrected chi connectivity index (χ2v) is 3.37. The lowest BCUT2D eigenvalue weighted by molar-refractivity contribution is 0.0769. The van der Waals surface area contributed by atoms with E-state index in [-0.39, 0.29) is 5.78 Å². The number of rotatable bonds is 2. The monoisotopic (exact) mass is 208 g/mol. The molecule has 1 aromatic carbocycles. The maximum atomic E-state index is 11.6. The average molecular weight is 208 g/mol. The minimum atomic E-state index is -1.03. The number of hydrogen-bond acceptors (Lipinski definition) is 4. The van der Waals surface area contributed by atoms with E-state index < -0.39 is 6.10 Å². The van der Waals surface area contributed by atoms with Crippen LogP contribution in [0.1, 0.15) is 17.3 Å². The molecule has 1 N–H and O–H groups in total. The second kappa shape index (κ2) is 3.90. The van der Waals surface area contributed by atoms with Gasteiger partial charge in [-0.05, 0) is 19.1 Å². The van der Waals surface area contributed by atoms with Gasteiger partial charge < -0.3 is 14.6 Å². The molecule has 0 aromatic heterocycles. The van der Waals surface area contributed by atoms with Crippen LogP contribution in [-0.2, 0) is 0 Å². The van der Waals surface area contributed by atoms with Crippen LogP contribution in [0.5, 0.6) is 11.5 Å². The number of ether oxygens (including phenoxy) is 2. The van der Waals surface area contributed by atoms with E-state index in [4.69, 9.17) is 9.47 Å². The van der Waals surface area contributed by atoms with Gasteiger partial charge in [-0.2, -0.15) is 0 Å². The highest BCUT2D eigenvalue weighted by Gasteiger charge is 2.22. The predicted molar refractivity (Wildman–Crippen MR) is 53.4 cm³/mol. The lowest BCUT2D eigenvalue weighted by atomic mass is 10.1. The first-order chi connectivity index (χ1) is 7.20. The molecule has 1 heterocycles. The van der Waals surface area contributed by atoms with Gasteiger partial charge in [-0.1, -0.05) is 6.07 Å². The van der Waals surface area contributed by atoms with Crippen molar-refractivity contribution in [3.63, 3.8) is 0 Å². The van der Waals surface area contributed by atoms with E-state index >= 15 is 0 Å². The maximum Gasteiger partial charge on any atom is 0.194 e. The molecule has 0 fully saturated rings. The number of carbonyl (C=O) groups excluding carboxylic acids is 1. The van der Waals surface area contributed by atoms with Crippen molar-refractivity contribution in [1.82, 2.24) is 0 Å². The topological polar surface area (TPSA) is 55.8 Å². The smallest absolute Gasteiger partial charge is 0.194 e. The van der Waals surface area contributed by atoms with E-state index in [9.17, 15) is 9.90 Å². The van der Waals surface area contributed by atoms with Gasteiger partial charge in [0.2, 0.25) is 0 Å². The summed E-state index contributed by atoms with van der Waals surface area (Å²) in [6.45, 7) is 2.35. The highest BCUT2D eigenvalue weighted by Crippen LogP contribution is 2.34. The van der Waals surface area contributed by atoms with E-state index in [1.165, 1.54) is 6.92 Å². The maximum absolute atomic E-state index is 11.6. The zero-order valence-corrected chi connectivity index (χ0v) is 8.40. The third-order valence-corrected chi connectivity index (χ3v) is 2.21. The van der Waals surface area contributed by atoms with Crippen LogP contribution in [0, 0.1) is 0 Å². The Morgan fingerprint density at radius 3 is 2.87 bits per heavy atom.